The lowest BCUT2D eigenvalue weighted by Gasteiger charge is -2.47. The first kappa shape index (κ1) is 44.4. The number of aromatic hydroxyl groups is 3. The number of ether oxygens (including phenoxy) is 8. The second-order valence-corrected chi connectivity index (χ2v) is 13.8. The molecule has 3 saturated heterocycles. The molecule has 5 rings (SSSR count). The highest BCUT2D eigenvalue weighted by atomic mass is 16.7. The molecule has 57 heavy (non-hydrogen) atoms. The number of phenolic OH excluding ortho intramolecular Hbond substituents is 3. The lowest BCUT2D eigenvalue weighted by Crippen LogP contribution is -2.65. The Morgan fingerprint density at radius 2 is 1.40 bits per heavy atom. The van der Waals surface area contributed by atoms with E-state index in [1.54, 1.807) is 0 Å². The monoisotopic (exact) mass is 814 g/mol. The largest absolute Gasteiger partial charge is 0.504 e. The van der Waals surface area contributed by atoms with Gasteiger partial charge in [0.1, 0.15) is 67.1 Å². The van der Waals surface area contributed by atoms with E-state index in [9.17, 15) is 61.0 Å². The SMILES string of the molecule is COc1cc(/C=C/C(=O)O[C@@H]2C(CO)O[C@@H](OCCc3ccc(O)c(O)c3)C(O)C2OC[C@@H]2OC(C)[C@H](O)C(O)C2O[C@@H]2OC(CO)[C@H](O)C(O)C2O)ccc1O. The molecule has 0 aromatic heterocycles. The third-order valence-electron chi connectivity index (χ3n) is 9.89. The molecule has 3 heterocycles. The molecule has 20 nitrogen and oxygen atoms in total. The molecule has 15 atom stereocenters. The van der Waals surface area contributed by atoms with Crippen LogP contribution in [-0.4, -0.2) is 188 Å². The molecule has 0 saturated carbocycles. The summed E-state index contributed by atoms with van der Waals surface area (Å²) in [5, 5.41) is 114. The number of benzene rings is 2. The Morgan fingerprint density at radius 1 is 0.702 bits per heavy atom. The van der Waals surface area contributed by atoms with Crippen LogP contribution in [0.15, 0.2) is 42.5 Å². The van der Waals surface area contributed by atoms with Crippen molar-refractivity contribution in [1.82, 2.24) is 0 Å². The summed E-state index contributed by atoms with van der Waals surface area (Å²) in [7, 11) is 1.35. The molecule has 0 amide bonds. The fraction of sp³-hybridized carbons (Fsp3) is 0.595. The maximum absolute atomic E-state index is 13.2. The van der Waals surface area contributed by atoms with Gasteiger partial charge in [0, 0.05) is 6.08 Å². The molecule has 0 aliphatic carbocycles. The number of methoxy groups -OCH3 is 1. The van der Waals surface area contributed by atoms with E-state index in [4.69, 9.17) is 37.9 Å². The highest BCUT2D eigenvalue weighted by molar-refractivity contribution is 5.87. The molecule has 2 aromatic carbocycles. The first-order valence-electron chi connectivity index (χ1n) is 18.1. The highest BCUT2D eigenvalue weighted by Crippen LogP contribution is 2.33. The summed E-state index contributed by atoms with van der Waals surface area (Å²) in [6.45, 7) is -0.781. The zero-order chi connectivity index (χ0) is 41.6. The molecule has 2 aromatic rings. The highest BCUT2D eigenvalue weighted by Gasteiger charge is 2.52. The summed E-state index contributed by atoms with van der Waals surface area (Å²) in [6.07, 6.45) is -20.8. The molecule has 318 valence electrons. The Hall–Kier alpha value is -3.71. The van der Waals surface area contributed by atoms with E-state index in [1.807, 2.05) is 0 Å². The quantitative estimate of drug-likeness (QED) is 0.0490. The minimum atomic E-state index is -1.88. The van der Waals surface area contributed by atoms with Crippen molar-refractivity contribution in [3.05, 3.63) is 53.6 Å². The van der Waals surface area contributed by atoms with Crippen LogP contribution in [0.1, 0.15) is 18.1 Å². The predicted octanol–water partition coefficient (Wildman–Crippen LogP) is -2.85. The van der Waals surface area contributed by atoms with Crippen LogP contribution < -0.4 is 4.74 Å². The van der Waals surface area contributed by atoms with Gasteiger partial charge in [-0.25, -0.2) is 4.79 Å². The van der Waals surface area contributed by atoms with Gasteiger partial charge in [-0.2, -0.15) is 0 Å². The van der Waals surface area contributed by atoms with E-state index in [2.05, 4.69) is 0 Å². The van der Waals surface area contributed by atoms with Gasteiger partial charge in [0.2, 0.25) is 0 Å². The summed E-state index contributed by atoms with van der Waals surface area (Å²) >= 11 is 0. The number of esters is 1. The fourth-order valence-electron chi connectivity index (χ4n) is 6.63. The second-order valence-electron chi connectivity index (χ2n) is 13.8. The number of carbonyl (C=O) groups is 1. The van der Waals surface area contributed by atoms with Gasteiger partial charge in [0.25, 0.3) is 0 Å². The lowest BCUT2D eigenvalue weighted by molar-refractivity contribution is -0.346. The molecule has 3 aliphatic heterocycles. The third-order valence-corrected chi connectivity index (χ3v) is 9.89. The van der Waals surface area contributed by atoms with Crippen molar-refractivity contribution < 1.29 is 98.9 Å². The van der Waals surface area contributed by atoms with E-state index >= 15 is 0 Å². The van der Waals surface area contributed by atoms with Crippen molar-refractivity contribution in [1.29, 1.82) is 0 Å². The summed E-state index contributed by atoms with van der Waals surface area (Å²) in [4.78, 5) is 13.2. The summed E-state index contributed by atoms with van der Waals surface area (Å²) in [6, 6.07) is 8.44. The second kappa shape index (κ2) is 19.8. The minimum absolute atomic E-state index is 0.109. The van der Waals surface area contributed by atoms with Crippen molar-refractivity contribution in [2.75, 3.05) is 33.5 Å². The van der Waals surface area contributed by atoms with E-state index in [-0.39, 0.29) is 36.0 Å². The van der Waals surface area contributed by atoms with Gasteiger partial charge in [-0.15, -0.1) is 0 Å². The Kier molecular flexibility index (Phi) is 15.4. The Morgan fingerprint density at radius 3 is 2.09 bits per heavy atom. The number of hydrogen-bond acceptors (Lipinski definition) is 20. The lowest BCUT2D eigenvalue weighted by atomic mass is 9.94. The standard InChI is InChI=1S/C37H50O20/c1-16-27(44)30(47)33(57-37-31(48)29(46)28(45)23(13-38)54-37)25(53-16)15-52-35-32(49)36(51-10-9-18-3-6-19(40)21(42)11-18)55-24(14-39)34(35)56-26(43)8-5-17-4-7-20(41)22(12-17)50-2/h3-8,11-12,16,23-25,27-42,44-49H,9-10,13-15H2,1-2H3/b8-5+/t16?,23?,24?,25-,27-,28-,29?,30?,31?,32?,33?,34+,35?,36+,37-/m0/s1. The van der Waals surface area contributed by atoms with Crippen molar-refractivity contribution >= 4 is 12.0 Å². The van der Waals surface area contributed by atoms with E-state index in [0.717, 1.165) is 6.08 Å². The minimum Gasteiger partial charge on any atom is -0.504 e. The first-order valence-corrected chi connectivity index (χ1v) is 18.1. The van der Waals surface area contributed by atoms with Crippen LogP contribution in [0.2, 0.25) is 0 Å². The molecule has 11 N–H and O–H groups in total. The molecular formula is C37H50O20. The van der Waals surface area contributed by atoms with Crippen molar-refractivity contribution in [2.45, 2.75) is 105 Å². The van der Waals surface area contributed by atoms with Crippen LogP contribution >= 0.6 is 0 Å². The Bertz CT molecular complexity index is 1640. The maximum Gasteiger partial charge on any atom is 0.331 e. The Balaban J connectivity index is 1.37. The third kappa shape index (κ3) is 10.5. The van der Waals surface area contributed by atoms with Crippen LogP contribution in [0.3, 0.4) is 0 Å². The van der Waals surface area contributed by atoms with E-state index in [1.165, 1.54) is 56.5 Å². The van der Waals surface area contributed by atoms with E-state index in [0.29, 0.717) is 11.1 Å². The number of rotatable bonds is 15. The van der Waals surface area contributed by atoms with Gasteiger partial charge in [-0.05, 0) is 54.8 Å². The van der Waals surface area contributed by atoms with Crippen LogP contribution in [-0.2, 0) is 44.4 Å². The van der Waals surface area contributed by atoms with Crippen molar-refractivity contribution in [3.63, 3.8) is 0 Å². The fourth-order valence-corrected chi connectivity index (χ4v) is 6.63. The summed E-state index contributed by atoms with van der Waals surface area (Å²) in [5.74, 6) is -1.64. The van der Waals surface area contributed by atoms with Gasteiger partial charge < -0.3 is 94.1 Å². The number of aliphatic hydroxyl groups is 8. The first-order chi connectivity index (χ1) is 27.2. The number of carbonyl (C=O) groups excluding carboxylic acids is 1. The average molecular weight is 815 g/mol. The Labute approximate surface area is 326 Å². The number of phenols is 3. The molecule has 0 spiro atoms. The van der Waals surface area contributed by atoms with Gasteiger partial charge in [-0.1, -0.05) is 12.1 Å². The molecule has 3 fully saturated rings. The maximum atomic E-state index is 13.2. The molecule has 3 aliphatic rings. The van der Waals surface area contributed by atoms with Crippen LogP contribution in [0.4, 0.5) is 0 Å². The molecular weight excluding hydrogens is 764 g/mol. The number of aliphatic hydroxyl groups excluding tert-OH is 8. The predicted molar refractivity (Wildman–Crippen MR) is 189 cm³/mol. The van der Waals surface area contributed by atoms with Crippen molar-refractivity contribution in [3.8, 4) is 23.0 Å². The molecule has 9 unspecified atom stereocenters. The zero-order valence-electron chi connectivity index (χ0n) is 30.9. The van der Waals surface area contributed by atoms with Gasteiger partial charge in [-0.3, -0.25) is 0 Å². The smallest absolute Gasteiger partial charge is 0.331 e. The average Bonchev–Trinajstić information content (AvgIpc) is 3.19. The topological polar surface area (TPSA) is 313 Å². The summed E-state index contributed by atoms with van der Waals surface area (Å²) < 4.78 is 45.6. The zero-order valence-corrected chi connectivity index (χ0v) is 30.9. The van der Waals surface area contributed by atoms with Crippen molar-refractivity contribution in [2.24, 2.45) is 0 Å². The normalized spacial score (nSPS) is 35.9. The molecule has 0 bridgehead atoms. The van der Waals surface area contributed by atoms with Crippen LogP contribution in [0.25, 0.3) is 6.08 Å². The van der Waals surface area contributed by atoms with Gasteiger partial charge >= 0.3 is 5.97 Å². The van der Waals surface area contributed by atoms with Gasteiger partial charge in [0.05, 0.1) is 39.6 Å². The van der Waals surface area contributed by atoms with E-state index < -0.39 is 118 Å². The molecule has 0 radical (unpaired) electrons. The molecule has 20 heteroatoms. The number of hydrogen-bond donors (Lipinski definition) is 11. The van der Waals surface area contributed by atoms with Crippen LogP contribution in [0, 0.1) is 0 Å². The van der Waals surface area contributed by atoms with Crippen LogP contribution in [0.5, 0.6) is 23.0 Å². The van der Waals surface area contributed by atoms with Gasteiger partial charge in [0.15, 0.2) is 41.7 Å². The summed E-state index contributed by atoms with van der Waals surface area (Å²) in [5.41, 5.74) is 1.000.